The lowest BCUT2D eigenvalue weighted by atomic mass is 9.93. The number of benzene rings is 2. The first-order valence-corrected chi connectivity index (χ1v) is 17.0. The first kappa shape index (κ1) is 31.9. The standard InChI is InChI=1S/C40H44FN5O2/c1-27-6-8-34(29-19-31(41)23-32(20-29)47-16-14-45(2)3)37-24-40(44-39(37)18-27)35-10-11-43-38-9-7-28(22-36(35)38)30-21-33(26-42-25-30)48-17-15-46-12-4-5-13-46/h6-10,19-26,43-44H,4-5,11-18H2,1-3H3. The van der Waals surface area contributed by atoms with Gasteiger partial charge in [0.15, 0.2) is 0 Å². The van der Waals surface area contributed by atoms with Gasteiger partial charge in [-0.25, -0.2) is 4.39 Å². The Labute approximate surface area is 282 Å². The molecule has 0 spiro atoms. The fourth-order valence-electron chi connectivity index (χ4n) is 6.76. The largest absolute Gasteiger partial charge is 0.492 e. The lowest BCUT2D eigenvalue weighted by Gasteiger charge is -2.20. The van der Waals surface area contributed by atoms with Crippen LogP contribution in [0.25, 0.3) is 22.3 Å². The molecule has 248 valence electrons. The molecule has 0 amide bonds. The van der Waals surface area contributed by atoms with Gasteiger partial charge in [0.25, 0.3) is 0 Å². The number of likely N-dealkylation sites (tertiary alicyclic amines) is 1. The van der Waals surface area contributed by atoms with Crippen molar-refractivity contribution in [1.29, 1.82) is 0 Å². The van der Waals surface area contributed by atoms with E-state index < -0.39 is 0 Å². The van der Waals surface area contributed by atoms with Crippen LogP contribution in [0, 0.1) is 5.82 Å². The highest BCUT2D eigenvalue weighted by Crippen LogP contribution is 2.39. The summed E-state index contributed by atoms with van der Waals surface area (Å²) in [4.78, 5) is 12.8. The number of hydrogen-bond donors (Lipinski definition) is 2. The second kappa shape index (κ2) is 14.2. The second-order valence-corrected chi connectivity index (χ2v) is 13.2. The number of anilines is 1. The number of pyridine rings is 1. The molecule has 0 radical (unpaired) electrons. The van der Waals surface area contributed by atoms with Crippen LogP contribution < -0.4 is 14.8 Å². The van der Waals surface area contributed by atoms with E-state index in [-0.39, 0.29) is 5.82 Å². The third kappa shape index (κ3) is 7.25. The van der Waals surface area contributed by atoms with Gasteiger partial charge in [-0.2, -0.15) is 0 Å². The van der Waals surface area contributed by atoms with Gasteiger partial charge in [0.2, 0.25) is 0 Å². The van der Waals surface area contributed by atoms with Crippen LogP contribution in [-0.4, -0.2) is 79.8 Å². The number of hydrogen-bond acceptors (Lipinski definition) is 6. The van der Waals surface area contributed by atoms with Gasteiger partial charge in [0.05, 0.1) is 6.20 Å². The Balaban J connectivity index is 1.17. The highest BCUT2D eigenvalue weighted by Gasteiger charge is 2.22. The number of aromatic nitrogens is 2. The number of H-pyrrole nitrogens is 1. The third-order valence-electron chi connectivity index (χ3n) is 9.29. The minimum Gasteiger partial charge on any atom is -0.492 e. The molecule has 7 nitrogen and oxygen atoms in total. The van der Waals surface area contributed by atoms with E-state index in [1.807, 2.05) is 31.3 Å². The van der Waals surface area contributed by atoms with E-state index in [1.54, 1.807) is 12.3 Å². The van der Waals surface area contributed by atoms with Crippen molar-refractivity contribution in [1.82, 2.24) is 19.8 Å². The summed E-state index contributed by atoms with van der Waals surface area (Å²) in [7, 11) is 3.99. The highest BCUT2D eigenvalue weighted by molar-refractivity contribution is 5.92. The second-order valence-electron chi connectivity index (χ2n) is 13.2. The molecule has 2 aromatic heterocycles. The van der Waals surface area contributed by atoms with Crippen LogP contribution in [0.1, 0.15) is 47.8 Å². The molecule has 2 aromatic carbocycles. The fourth-order valence-corrected chi connectivity index (χ4v) is 6.76. The number of nitrogens with one attached hydrogen (secondary N) is 2. The third-order valence-corrected chi connectivity index (χ3v) is 9.29. The van der Waals surface area contributed by atoms with Crippen LogP contribution in [0.5, 0.6) is 11.5 Å². The van der Waals surface area contributed by atoms with Crippen molar-refractivity contribution in [3.63, 3.8) is 0 Å². The van der Waals surface area contributed by atoms with Crippen molar-refractivity contribution < 1.29 is 13.9 Å². The Hall–Kier alpha value is -4.66. The van der Waals surface area contributed by atoms with E-state index in [1.165, 1.54) is 24.5 Å². The van der Waals surface area contributed by atoms with E-state index in [0.29, 0.717) is 19.0 Å². The zero-order chi connectivity index (χ0) is 33.0. The van der Waals surface area contributed by atoms with E-state index >= 15 is 0 Å². The number of halogens is 1. The topological polar surface area (TPSA) is 65.7 Å². The fraction of sp³-hybridized carbons (Fsp3) is 0.325. The van der Waals surface area contributed by atoms with Crippen LogP contribution in [0.3, 0.4) is 0 Å². The van der Waals surface area contributed by atoms with E-state index in [4.69, 9.17) is 9.47 Å². The van der Waals surface area contributed by atoms with Crippen LogP contribution in [-0.2, 0) is 6.42 Å². The number of rotatable bonds is 11. The van der Waals surface area contributed by atoms with Gasteiger partial charge in [0.1, 0.15) is 30.5 Å². The monoisotopic (exact) mass is 645 g/mol. The Kier molecular flexibility index (Phi) is 9.45. The summed E-state index contributed by atoms with van der Waals surface area (Å²) < 4.78 is 27.0. The number of ether oxygens (including phenoxy) is 2. The molecular formula is C40H44FN5O2. The molecule has 1 saturated heterocycles. The summed E-state index contributed by atoms with van der Waals surface area (Å²) in [6.45, 7) is 8.04. The number of aromatic amines is 1. The van der Waals surface area contributed by atoms with Crippen molar-refractivity contribution in [2.24, 2.45) is 0 Å². The van der Waals surface area contributed by atoms with Crippen molar-refractivity contribution >= 4 is 16.8 Å². The molecule has 0 saturated carbocycles. The van der Waals surface area contributed by atoms with E-state index in [0.717, 1.165) is 101 Å². The number of likely N-dealkylation sites (N-methyl/N-ethyl adjacent to an activating group) is 1. The molecule has 7 rings (SSSR count). The smallest absolute Gasteiger partial charge is 0.138 e. The summed E-state index contributed by atoms with van der Waals surface area (Å²) in [5.41, 5.74) is 11.7. The zero-order valence-electron chi connectivity index (χ0n) is 28.1. The molecule has 1 fully saturated rings. The normalized spacial score (nSPS) is 16.0. The summed E-state index contributed by atoms with van der Waals surface area (Å²) in [6, 6.07) is 15.8. The SMILES string of the molecule is CC1=CC=C(c2cc(F)cc(OCCN(C)C)c2)c2cc(C3=CCNc4ccc(-c5cncc(OCCN6CCCC6)c5)cc43)[nH]c2C1. The first-order chi connectivity index (χ1) is 23.4. The maximum absolute atomic E-state index is 14.9. The molecule has 4 aromatic rings. The Bertz CT molecular complexity index is 1880. The number of allylic oxidation sites excluding steroid dienone is 3. The van der Waals surface area contributed by atoms with Crippen molar-refractivity contribution in [3.05, 3.63) is 119 Å². The van der Waals surface area contributed by atoms with Gasteiger partial charge >= 0.3 is 0 Å². The van der Waals surface area contributed by atoms with Crippen LogP contribution >= 0.6 is 0 Å². The maximum atomic E-state index is 14.9. The molecule has 3 aliphatic rings. The average molecular weight is 646 g/mol. The van der Waals surface area contributed by atoms with Crippen LogP contribution in [0.2, 0.25) is 0 Å². The van der Waals surface area contributed by atoms with Gasteiger partial charge in [-0.1, -0.05) is 29.9 Å². The number of nitrogens with zero attached hydrogens (tertiary/aromatic N) is 3. The summed E-state index contributed by atoms with van der Waals surface area (Å²) in [6.07, 6.45) is 13.5. The number of fused-ring (bicyclic) bond motifs is 2. The summed E-state index contributed by atoms with van der Waals surface area (Å²) in [5, 5.41) is 3.54. The molecule has 8 heteroatoms. The zero-order valence-corrected chi connectivity index (χ0v) is 28.1. The van der Waals surface area contributed by atoms with Crippen LogP contribution in [0.4, 0.5) is 10.1 Å². The highest BCUT2D eigenvalue weighted by atomic mass is 19.1. The average Bonchev–Trinajstić information content (AvgIpc) is 3.71. The van der Waals surface area contributed by atoms with Gasteiger partial charge in [-0.3, -0.25) is 9.88 Å². The Morgan fingerprint density at radius 3 is 2.54 bits per heavy atom. The van der Waals surface area contributed by atoms with Gasteiger partial charge < -0.3 is 24.7 Å². The van der Waals surface area contributed by atoms with E-state index in [9.17, 15) is 4.39 Å². The minimum absolute atomic E-state index is 0.311. The van der Waals surface area contributed by atoms with Gasteiger partial charge in [-0.05, 0) is 100 Å². The molecule has 0 atom stereocenters. The summed E-state index contributed by atoms with van der Waals surface area (Å²) >= 11 is 0. The first-order valence-electron chi connectivity index (χ1n) is 17.0. The van der Waals surface area contributed by atoms with Crippen molar-refractivity contribution in [2.75, 3.05) is 65.3 Å². The minimum atomic E-state index is -0.311. The predicted molar refractivity (Wildman–Crippen MR) is 192 cm³/mol. The molecule has 4 heterocycles. The predicted octanol–water partition coefficient (Wildman–Crippen LogP) is 7.42. The lowest BCUT2D eigenvalue weighted by Crippen LogP contribution is -2.25. The molecule has 48 heavy (non-hydrogen) atoms. The molecule has 2 aliphatic heterocycles. The molecule has 0 bridgehead atoms. The van der Waals surface area contributed by atoms with Crippen molar-refractivity contribution in [2.45, 2.75) is 26.2 Å². The maximum Gasteiger partial charge on any atom is 0.138 e. The molecular weight excluding hydrogens is 601 g/mol. The van der Waals surface area contributed by atoms with Crippen LogP contribution in [0.15, 0.2) is 84.7 Å². The molecule has 0 unspecified atom stereocenters. The molecule has 2 N–H and O–H groups in total. The Morgan fingerprint density at radius 1 is 0.854 bits per heavy atom. The summed E-state index contributed by atoms with van der Waals surface area (Å²) in [5.74, 6) is 1.01. The quantitative estimate of drug-likeness (QED) is 0.177. The lowest BCUT2D eigenvalue weighted by molar-refractivity contribution is 0.237. The molecule has 1 aliphatic carbocycles. The van der Waals surface area contributed by atoms with Gasteiger partial charge in [0, 0.05) is 77.7 Å². The Morgan fingerprint density at radius 2 is 1.69 bits per heavy atom. The van der Waals surface area contributed by atoms with Crippen molar-refractivity contribution in [3.8, 4) is 22.6 Å². The van der Waals surface area contributed by atoms with Gasteiger partial charge in [-0.15, -0.1) is 0 Å². The van der Waals surface area contributed by atoms with E-state index in [2.05, 4.69) is 75.7 Å².